The number of carbonyl (C=O) groups is 1. The van der Waals surface area contributed by atoms with E-state index >= 15 is 0 Å². The van der Waals surface area contributed by atoms with Crippen molar-refractivity contribution >= 4 is 6.41 Å². The Bertz CT molecular complexity index is 186. The molecule has 0 bridgehead atoms. The maximum Gasteiger partial charge on any atom is 0.213 e. The lowest BCUT2D eigenvalue weighted by molar-refractivity contribution is -0.115. The second-order valence-electron chi connectivity index (χ2n) is 3.10. The summed E-state index contributed by atoms with van der Waals surface area (Å²) < 4.78 is 0. The van der Waals surface area contributed by atoms with Crippen molar-refractivity contribution in [2.75, 3.05) is 6.54 Å². The first-order valence-corrected chi connectivity index (χ1v) is 3.82. The van der Waals surface area contributed by atoms with Gasteiger partial charge >= 0.3 is 0 Å². The van der Waals surface area contributed by atoms with E-state index in [1.54, 1.807) is 4.90 Å². The van der Waals surface area contributed by atoms with Gasteiger partial charge in [-0.05, 0) is 30.8 Å². The Kier molecular flexibility index (Phi) is 1.26. The molecule has 2 aliphatic rings. The van der Waals surface area contributed by atoms with Gasteiger partial charge in [-0.2, -0.15) is 0 Å². The lowest BCUT2D eigenvalue weighted by Crippen LogP contribution is -2.15. The largest absolute Gasteiger partial charge is 0.321 e. The topological polar surface area (TPSA) is 20.3 Å². The van der Waals surface area contributed by atoms with Crippen LogP contribution < -0.4 is 0 Å². The van der Waals surface area contributed by atoms with Crippen molar-refractivity contribution in [2.24, 2.45) is 5.92 Å². The van der Waals surface area contributed by atoms with Gasteiger partial charge in [-0.15, -0.1) is 0 Å². The molecule has 2 rings (SSSR count). The summed E-state index contributed by atoms with van der Waals surface area (Å²) in [6, 6.07) is 0. The average molecular weight is 137 g/mol. The molecule has 1 heterocycles. The Morgan fingerprint density at radius 1 is 1.70 bits per heavy atom. The van der Waals surface area contributed by atoms with Crippen LogP contribution in [0.15, 0.2) is 11.8 Å². The Morgan fingerprint density at radius 3 is 3.30 bits per heavy atom. The lowest BCUT2D eigenvalue weighted by Gasteiger charge is -2.06. The summed E-state index contributed by atoms with van der Waals surface area (Å²) in [6.45, 7) is 0.943. The second-order valence-corrected chi connectivity index (χ2v) is 3.10. The second kappa shape index (κ2) is 2.11. The fourth-order valence-electron chi connectivity index (χ4n) is 1.91. The minimum Gasteiger partial charge on any atom is -0.321 e. The van der Waals surface area contributed by atoms with Crippen molar-refractivity contribution < 1.29 is 4.79 Å². The fraction of sp³-hybridized carbons (Fsp3) is 0.625. The molecule has 2 nitrogen and oxygen atoms in total. The molecule has 0 N–H and O–H groups in total. The van der Waals surface area contributed by atoms with Gasteiger partial charge in [0.05, 0.1) is 0 Å². The van der Waals surface area contributed by atoms with E-state index in [0.29, 0.717) is 5.92 Å². The van der Waals surface area contributed by atoms with E-state index in [1.165, 1.54) is 24.8 Å². The van der Waals surface area contributed by atoms with Crippen molar-refractivity contribution in [3.63, 3.8) is 0 Å². The molecule has 1 aliphatic heterocycles. The monoisotopic (exact) mass is 137 g/mol. The SMILES string of the molecule is O=CN1C=C2CCCC2C1. The Hall–Kier alpha value is -0.790. The third-order valence-electron chi connectivity index (χ3n) is 2.44. The highest BCUT2D eigenvalue weighted by molar-refractivity contribution is 5.51. The third kappa shape index (κ3) is 0.753. The van der Waals surface area contributed by atoms with E-state index in [4.69, 9.17) is 0 Å². The third-order valence-corrected chi connectivity index (χ3v) is 2.44. The molecule has 0 aromatic rings. The summed E-state index contributed by atoms with van der Waals surface area (Å²) in [4.78, 5) is 12.1. The van der Waals surface area contributed by atoms with E-state index < -0.39 is 0 Å². The first kappa shape index (κ1) is 5.96. The summed E-state index contributed by atoms with van der Waals surface area (Å²) in [5.41, 5.74) is 1.49. The molecule has 2 heteroatoms. The van der Waals surface area contributed by atoms with Gasteiger partial charge in [0.1, 0.15) is 0 Å². The Morgan fingerprint density at radius 2 is 2.60 bits per heavy atom. The molecule has 1 fully saturated rings. The van der Waals surface area contributed by atoms with Crippen LogP contribution in [0.25, 0.3) is 0 Å². The minimum atomic E-state index is 0.713. The van der Waals surface area contributed by atoms with Gasteiger partial charge in [0.25, 0.3) is 0 Å². The van der Waals surface area contributed by atoms with Crippen molar-refractivity contribution in [3.05, 3.63) is 11.8 Å². The Balaban J connectivity index is 2.14. The zero-order valence-electron chi connectivity index (χ0n) is 5.92. The molecular formula is C8H11NO. The molecule has 54 valence electrons. The van der Waals surface area contributed by atoms with Gasteiger partial charge in [-0.25, -0.2) is 0 Å². The van der Waals surface area contributed by atoms with Crippen LogP contribution in [0, 0.1) is 5.92 Å². The molecule has 1 aliphatic carbocycles. The molecule has 1 unspecified atom stereocenters. The fourth-order valence-corrected chi connectivity index (χ4v) is 1.91. The summed E-state index contributed by atoms with van der Waals surface area (Å²) in [6.07, 6.45) is 6.77. The summed E-state index contributed by atoms with van der Waals surface area (Å²) in [5, 5.41) is 0. The van der Waals surface area contributed by atoms with E-state index in [9.17, 15) is 4.79 Å². The van der Waals surface area contributed by atoms with Crippen LogP contribution in [-0.2, 0) is 4.79 Å². The van der Waals surface area contributed by atoms with Crippen LogP contribution in [-0.4, -0.2) is 17.9 Å². The van der Waals surface area contributed by atoms with Crippen molar-refractivity contribution in [1.82, 2.24) is 4.90 Å². The standard InChI is InChI=1S/C8H11NO/c10-6-9-4-7-2-1-3-8(7)5-9/h4,6,8H,1-3,5H2. The molecule has 0 spiro atoms. The molecule has 0 aromatic carbocycles. The predicted octanol–water partition coefficient (Wildman–Crippen LogP) is 1.14. The van der Waals surface area contributed by atoms with Gasteiger partial charge in [0.2, 0.25) is 6.41 Å². The van der Waals surface area contributed by atoms with Gasteiger partial charge in [0, 0.05) is 12.7 Å². The van der Waals surface area contributed by atoms with E-state index in [0.717, 1.165) is 13.0 Å². The molecule has 1 saturated carbocycles. The van der Waals surface area contributed by atoms with Crippen LogP contribution >= 0.6 is 0 Å². The smallest absolute Gasteiger partial charge is 0.213 e. The summed E-state index contributed by atoms with van der Waals surface area (Å²) >= 11 is 0. The number of carbonyl (C=O) groups excluding carboxylic acids is 1. The van der Waals surface area contributed by atoms with Crippen LogP contribution in [0.1, 0.15) is 19.3 Å². The van der Waals surface area contributed by atoms with Crippen molar-refractivity contribution in [1.29, 1.82) is 0 Å². The summed E-state index contributed by atoms with van der Waals surface area (Å²) in [7, 11) is 0. The van der Waals surface area contributed by atoms with Gasteiger partial charge in [0.15, 0.2) is 0 Å². The lowest BCUT2D eigenvalue weighted by atomic mass is 10.1. The normalized spacial score (nSPS) is 30.2. The highest BCUT2D eigenvalue weighted by Crippen LogP contribution is 2.35. The van der Waals surface area contributed by atoms with E-state index in [1.807, 2.05) is 6.20 Å². The molecule has 0 saturated heterocycles. The van der Waals surface area contributed by atoms with E-state index in [-0.39, 0.29) is 0 Å². The average Bonchev–Trinajstić information content (AvgIpc) is 2.42. The van der Waals surface area contributed by atoms with Gasteiger partial charge in [-0.3, -0.25) is 4.79 Å². The highest BCUT2D eigenvalue weighted by Gasteiger charge is 2.27. The maximum absolute atomic E-state index is 10.3. The molecule has 10 heavy (non-hydrogen) atoms. The molecule has 1 atom stereocenters. The number of hydrogen-bond donors (Lipinski definition) is 0. The highest BCUT2D eigenvalue weighted by atomic mass is 16.1. The van der Waals surface area contributed by atoms with Crippen molar-refractivity contribution in [2.45, 2.75) is 19.3 Å². The number of hydrogen-bond acceptors (Lipinski definition) is 1. The zero-order chi connectivity index (χ0) is 6.97. The first-order chi connectivity index (χ1) is 4.90. The summed E-state index contributed by atoms with van der Waals surface area (Å²) in [5.74, 6) is 0.713. The zero-order valence-corrected chi connectivity index (χ0v) is 5.92. The number of fused-ring (bicyclic) bond motifs is 1. The molecule has 0 aromatic heterocycles. The van der Waals surface area contributed by atoms with Crippen LogP contribution in [0.5, 0.6) is 0 Å². The quantitative estimate of drug-likeness (QED) is 0.496. The van der Waals surface area contributed by atoms with Crippen LogP contribution in [0.3, 0.4) is 0 Å². The number of amides is 1. The van der Waals surface area contributed by atoms with Crippen LogP contribution in [0.4, 0.5) is 0 Å². The first-order valence-electron chi connectivity index (χ1n) is 3.82. The maximum atomic E-state index is 10.3. The van der Waals surface area contributed by atoms with Crippen LogP contribution in [0.2, 0.25) is 0 Å². The molecule has 1 amide bonds. The van der Waals surface area contributed by atoms with Gasteiger partial charge in [-0.1, -0.05) is 0 Å². The number of nitrogens with zero attached hydrogens (tertiary/aromatic N) is 1. The van der Waals surface area contributed by atoms with Crippen molar-refractivity contribution in [3.8, 4) is 0 Å². The molecule has 0 radical (unpaired) electrons. The predicted molar refractivity (Wildman–Crippen MR) is 38.2 cm³/mol. The Labute approximate surface area is 60.5 Å². The minimum absolute atomic E-state index is 0.713. The van der Waals surface area contributed by atoms with E-state index in [2.05, 4.69) is 0 Å². The number of rotatable bonds is 1. The molecular weight excluding hydrogens is 126 g/mol. The van der Waals surface area contributed by atoms with Gasteiger partial charge < -0.3 is 4.90 Å².